The van der Waals surface area contributed by atoms with Crippen molar-refractivity contribution in [1.82, 2.24) is 25.2 Å². The minimum absolute atomic E-state index is 0.0283. The van der Waals surface area contributed by atoms with Gasteiger partial charge in [-0.2, -0.15) is 26.3 Å². The molecular weight excluding hydrogens is 442 g/mol. The third-order valence-corrected chi connectivity index (χ3v) is 4.09. The standard InChI is InChI=1S/C19H16F6N6O/c1-30(15-4-2-3-6-26-15)28-16(32)5-7-31-11-27-17(29-31)12-8-13(18(20,21)22)10-14(9-12)19(23,24)25/h2-11,16,28,32H,1H3/b7-5-. The Bertz CT molecular complexity index is 1050. The summed E-state index contributed by atoms with van der Waals surface area (Å²) in [5, 5.41) is 15.3. The van der Waals surface area contributed by atoms with E-state index in [1.165, 1.54) is 17.3 Å². The van der Waals surface area contributed by atoms with E-state index in [-0.39, 0.29) is 11.9 Å². The normalized spacial score (nSPS) is 13.5. The largest absolute Gasteiger partial charge is 0.416 e. The van der Waals surface area contributed by atoms with E-state index in [9.17, 15) is 31.4 Å². The van der Waals surface area contributed by atoms with Crippen LogP contribution in [0.15, 0.2) is 55.0 Å². The first-order valence-corrected chi connectivity index (χ1v) is 8.92. The molecule has 170 valence electrons. The Morgan fingerprint density at radius 2 is 1.69 bits per heavy atom. The maximum absolute atomic E-state index is 13.0. The lowest BCUT2D eigenvalue weighted by Crippen LogP contribution is -2.41. The molecule has 3 aromatic rings. The molecule has 3 rings (SSSR count). The number of pyridine rings is 1. The molecule has 0 spiro atoms. The van der Waals surface area contributed by atoms with Gasteiger partial charge in [-0.25, -0.2) is 20.1 Å². The smallest absolute Gasteiger partial charge is 0.373 e. The van der Waals surface area contributed by atoms with Crippen LogP contribution >= 0.6 is 0 Å². The quantitative estimate of drug-likeness (QED) is 0.332. The predicted octanol–water partition coefficient (Wildman–Crippen LogP) is 3.81. The summed E-state index contributed by atoms with van der Waals surface area (Å²) in [5.74, 6) is 0.173. The van der Waals surface area contributed by atoms with Gasteiger partial charge in [0.05, 0.1) is 11.1 Å². The van der Waals surface area contributed by atoms with Crippen LogP contribution in [0.4, 0.5) is 32.2 Å². The highest BCUT2D eigenvalue weighted by Crippen LogP contribution is 2.38. The average Bonchev–Trinajstić information content (AvgIpc) is 3.20. The number of hydrazine groups is 1. The lowest BCUT2D eigenvalue weighted by molar-refractivity contribution is -0.143. The molecule has 0 bridgehead atoms. The van der Waals surface area contributed by atoms with E-state index in [0.29, 0.717) is 18.0 Å². The molecule has 0 saturated carbocycles. The maximum Gasteiger partial charge on any atom is 0.416 e. The fraction of sp³-hybridized carbons (Fsp3) is 0.211. The Balaban J connectivity index is 1.78. The molecule has 2 aromatic heterocycles. The van der Waals surface area contributed by atoms with E-state index in [1.54, 1.807) is 31.4 Å². The van der Waals surface area contributed by atoms with Gasteiger partial charge >= 0.3 is 12.4 Å². The number of aliphatic hydroxyl groups is 1. The zero-order valence-corrected chi connectivity index (χ0v) is 16.3. The van der Waals surface area contributed by atoms with Crippen LogP contribution in [0.25, 0.3) is 17.6 Å². The number of hydrogen-bond donors (Lipinski definition) is 2. The number of aliphatic hydroxyl groups excluding tert-OH is 1. The van der Waals surface area contributed by atoms with Gasteiger partial charge in [0, 0.05) is 25.0 Å². The van der Waals surface area contributed by atoms with Gasteiger partial charge in [-0.05, 0) is 36.4 Å². The van der Waals surface area contributed by atoms with Crippen LogP contribution < -0.4 is 10.4 Å². The van der Waals surface area contributed by atoms with Gasteiger partial charge in [-0.15, -0.1) is 5.10 Å². The molecule has 1 aromatic carbocycles. The molecule has 2 heterocycles. The van der Waals surface area contributed by atoms with Crippen molar-refractivity contribution >= 4 is 12.0 Å². The topological polar surface area (TPSA) is 79.1 Å². The number of hydrogen-bond acceptors (Lipinski definition) is 6. The summed E-state index contributed by atoms with van der Waals surface area (Å²) in [4.78, 5) is 7.84. The third kappa shape index (κ3) is 5.82. The second kappa shape index (κ2) is 8.96. The van der Waals surface area contributed by atoms with Crippen molar-refractivity contribution in [2.24, 2.45) is 0 Å². The van der Waals surface area contributed by atoms with Gasteiger partial charge in [0.15, 0.2) is 5.82 Å². The molecule has 32 heavy (non-hydrogen) atoms. The molecule has 7 nitrogen and oxygen atoms in total. The fourth-order valence-corrected chi connectivity index (χ4v) is 2.59. The zero-order valence-electron chi connectivity index (χ0n) is 16.3. The van der Waals surface area contributed by atoms with Crippen LogP contribution in [-0.2, 0) is 12.4 Å². The minimum atomic E-state index is -4.98. The monoisotopic (exact) mass is 458 g/mol. The molecule has 0 radical (unpaired) electrons. The predicted molar refractivity (Wildman–Crippen MR) is 103 cm³/mol. The molecule has 0 aliphatic heterocycles. The Hall–Kier alpha value is -3.45. The zero-order chi connectivity index (χ0) is 23.5. The van der Waals surface area contributed by atoms with Crippen LogP contribution in [0, 0.1) is 0 Å². The second-order valence-electron chi connectivity index (χ2n) is 6.51. The van der Waals surface area contributed by atoms with E-state index >= 15 is 0 Å². The molecule has 0 fully saturated rings. The average molecular weight is 458 g/mol. The van der Waals surface area contributed by atoms with Crippen molar-refractivity contribution in [2.75, 3.05) is 12.1 Å². The highest BCUT2D eigenvalue weighted by molar-refractivity contribution is 5.58. The summed E-state index contributed by atoms with van der Waals surface area (Å²) >= 11 is 0. The highest BCUT2D eigenvalue weighted by Gasteiger charge is 2.37. The molecule has 1 unspecified atom stereocenters. The summed E-state index contributed by atoms with van der Waals surface area (Å²) < 4.78 is 79.2. The van der Waals surface area contributed by atoms with Crippen LogP contribution in [-0.4, -0.2) is 38.1 Å². The molecule has 13 heteroatoms. The van der Waals surface area contributed by atoms with Crippen LogP contribution in [0.1, 0.15) is 11.1 Å². The summed E-state index contributed by atoms with van der Waals surface area (Å²) in [6.45, 7) is 0. The van der Waals surface area contributed by atoms with E-state index in [2.05, 4.69) is 20.5 Å². The van der Waals surface area contributed by atoms with E-state index < -0.39 is 35.3 Å². The van der Waals surface area contributed by atoms with Crippen LogP contribution in [0.3, 0.4) is 0 Å². The van der Waals surface area contributed by atoms with E-state index in [4.69, 9.17) is 0 Å². The Morgan fingerprint density at radius 3 is 2.25 bits per heavy atom. The van der Waals surface area contributed by atoms with Gasteiger partial charge in [0.2, 0.25) is 0 Å². The number of benzene rings is 1. The minimum Gasteiger partial charge on any atom is -0.373 e. The molecule has 0 aliphatic rings. The lowest BCUT2D eigenvalue weighted by Gasteiger charge is -2.21. The summed E-state index contributed by atoms with van der Waals surface area (Å²) in [7, 11) is 1.61. The van der Waals surface area contributed by atoms with Gasteiger partial charge in [0.25, 0.3) is 0 Å². The van der Waals surface area contributed by atoms with Crippen molar-refractivity contribution in [3.8, 4) is 11.4 Å². The van der Waals surface area contributed by atoms with Crippen LogP contribution in [0.2, 0.25) is 0 Å². The van der Waals surface area contributed by atoms with Crippen molar-refractivity contribution in [2.45, 2.75) is 18.6 Å². The molecule has 1 atom stereocenters. The molecular formula is C19H16F6N6O. The first-order chi connectivity index (χ1) is 14.9. The first kappa shape index (κ1) is 23.2. The molecule has 0 amide bonds. The Kier molecular flexibility index (Phi) is 6.50. The van der Waals surface area contributed by atoms with Gasteiger partial charge in [-0.1, -0.05) is 6.07 Å². The van der Waals surface area contributed by atoms with Crippen molar-refractivity contribution in [3.05, 3.63) is 66.1 Å². The number of nitrogens with one attached hydrogen (secondary N) is 1. The summed E-state index contributed by atoms with van der Waals surface area (Å²) in [6.07, 6.45) is -6.05. The van der Waals surface area contributed by atoms with Crippen molar-refractivity contribution < 1.29 is 31.4 Å². The van der Waals surface area contributed by atoms with Crippen molar-refractivity contribution in [3.63, 3.8) is 0 Å². The molecule has 2 N–H and O–H groups in total. The lowest BCUT2D eigenvalue weighted by atomic mass is 10.0. The maximum atomic E-state index is 13.0. The molecule has 0 saturated heterocycles. The number of aromatic nitrogens is 4. The summed E-state index contributed by atoms with van der Waals surface area (Å²) in [5.41, 5.74) is -0.703. The van der Waals surface area contributed by atoms with Crippen LogP contribution in [0.5, 0.6) is 0 Å². The molecule has 0 aliphatic carbocycles. The second-order valence-corrected chi connectivity index (χ2v) is 6.51. The van der Waals surface area contributed by atoms with E-state index in [1.807, 2.05) is 0 Å². The number of nitrogens with zero attached hydrogens (tertiary/aromatic N) is 5. The highest BCUT2D eigenvalue weighted by atomic mass is 19.4. The third-order valence-electron chi connectivity index (χ3n) is 4.09. The Morgan fingerprint density at radius 1 is 1.03 bits per heavy atom. The number of rotatable bonds is 6. The van der Waals surface area contributed by atoms with Crippen molar-refractivity contribution in [1.29, 1.82) is 0 Å². The Labute approximate surface area is 177 Å². The first-order valence-electron chi connectivity index (χ1n) is 8.92. The number of alkyl halides is 6. The van der Waals surface area contributed by atoms with Gasteiger partial charge in [0.1, 0.15) is 18.4 Å². The summed E-state index contributed by atoms with van der Waals surface area (Å²) in [6, 6.07) is 6.27. The number of anilines is 1. The SMILES string of the molecule is CN(NC(O)/C=C\n1cnc(-c2cc(C(F)(F)F)cc(C(F)(F)F)c2)n1)c1ccccn1. The number of halogens is 6. The fourth-order valence-electron chi connectivity index (χ4n) is 2.59. The van der Waals surface area contributed by atoms with E-state index in [0.717, 1.165) is 11.0 Å². The van der Waals surface area contributed by atoms with Gasteiger partial charge in [-0.3, -0.25) is 5.01 Å². The van der Waals surface area contributed by atoms with Gasteiger partial charge < -0.3 is 5.11 Å².